The van der Waals surface area contributed by atoms with Gasteiger partial charge in [0, 0.05) is 17.1 Å². The van der Waals surface area contributed by atoms with E-state index in [1.807, 2.05) is 0 Å². The molecule has 5 N–H and O–H groups in total. The predicted molar refractivity (Wildman–Crippen MR) is 120 cm³/mol. The Kier molecular flexibility index (Phi) is 8.24. The summed E-state index contributed by atoms with van der Waals surface area (Å²) in [6.07, 6.45) is -1.12. The van der Waals surface area contributed by atoms with Crippen molar-refractivity contribution in [2.75, 3.05) is 13.7 Å². The minimum Gasteiger partial charge on any atom is -0.461 e. The molecule has 182 valence electrons. The summed E-state index contributed by atoms with van der Waals surface area (Å²) >= 11 is 5.91. The topological polar surface area (TPSA) is 129 Å². The van der Waals surface area contributed by atoms with Gasteiger partial charge in [-0.3, -0.25) is 4.79 Å². The van der Waals surface area contributed by atoms with E-state index in [0.717, 1.165) is 17.7 Å². The van der Waals surface area contributed by atoms with Crippen molar-refractivity contribution in [3.05, 3.63) is 64.2 Å². The molecule has 0 saturated carbocycles. The lowest BCUT2D eigenvalue weighted by Crippen LogP contribution is -2.53. The first-order valence-corrected chi connectivity index (χ1v) is 10.6. The van der Waals surface area contributed by atoms with E-state index in [9.17, 15) is 23.8 Å². The smallest absolute Gasteiger partial charge is 0.387 e. The third-order valence-electron chi connectivity index (χ3n) is 5.20. The van der Waals surface area contributed by atoms with E-state index in [1.54, 1.807) is 24.3 Å². The first-order valence-electron chi connectivity index (χ1n) is 10.2. The molecule has 0 unspecified atom stereocenters. The Morgan fingerprint density at radius 3 is 2.62 bits per heavy atom. The minimum atomic E-state index is -3.07. The van der Waals surface area contributed by atoms with Crippen LogP contribution in [0.4, 0.5) is 8.78 Å². The van der Waals surface area contributed by atoms with Crippen LogP contribution in [0.25, 0.3) is 0 Å². The van der Waals surface area contributed by atoms with Gasteiger partial charge in [0.15, 0.2) is 12.4 Å². The standard InChI is InChI=1S/C22H23ClF2N4O5/c1-33-28-19(26)13-4-2-12(3-5-13)11-27-20(31)17-6-7-29(17)21(32)18(30)14-8-15(23)10-16(9-14)34-22(24)25/h2-5,8-10,17-18,22,30H,6-7,11H2,1H3,(H3,26,27,28,31)/p+1/t17-,18+/m0/s1. The number of aliphatic hydroxyl groups is 2. The highest BCUT2D eigenvalue weighted by Crippen LogP contribution is 2.27. The van der Waals surface area contributed by atoms with Gasteiger partial charge in [0.05, 0.1) is 6.42 Å². The van der Waals surface area contributed by atoms with E-state index in [0.29, 0.717) is 18.5 Å². The second kappa shape index (κ2) is 11.1. The molecule has 2 aromatic carbocycles. The highest BCUT2D eigenvalue weighted by molar-refractivity contribution is 6.30. The van der Waals surface area contributed by atoms with E-state index in [-0.39, 0.29) is 34.6 Å². The highest BCUT2D eigenvalue weighted by atomic mass is 35.5. The Labute approximate surface area is 199 Å². The van der Waals surface area contributed by atoms with Crippen molar-refractivity contribution in [1.29, 1.82) is 0 Å². The quantitative estimate of drug-likeness (QED) is 0.182. The van der Waals surface area contributed by atoms with Gasteiger partial charge in [-0.2, -0.15) is 13.4 Å². The molecule has 1 saturated heterocycles. The molecule has 0 radical (unpaired) electrons. The monoisotopic (exact) mass is 497 g/mol. The zero-order valence-electron chi connectivity index (χ0n) is 18.1. The number of ether oxygens (including phenoxy) is 1. The van der Waals surface area contributed by atoms with Crippen LogP contribution in [-0.4, -0.2) is 58.7 Å². The number of carbonyl (C=O) groups excluding carboxylic acids is 1. The number of aliphatic hydroxyl groups excluding tert-OH is 2. The maximum Gasteiger partial charge on any atom is 0.387 e. The van der Waals surface area contributed by atoms with Crippen LogP contribution in [0.1, 0.15) is 29.2 Å². The zero-order chi connectivity index (χ0) is 24.8. The Bertz CT molecular complexity index is 1100. The number of halogens is 3. The van der Waals surface area contributed by atoms with E-state index in [1.165, 1.54) is 17.8 Å². The number of benzene rings is 2. The average Bonchev–Trinajstić information content (AvgIpc) is 2.76. The van der Waals surface area contributed by atoms with Crippen molar-refractivity contribution >= 4 is 29.2 Å². The first-order chi connectivity index (χ1) is 16.2. The van der Waals surface area contributed by atoms with Crippen LogP contribution >= 0.6 is 11.6 Å². The molecule has 0 spiro atoms. The molecule has 9 nitrogen and oxygen atoms in total. The first kappa shape index (κ1) is 25.2. The molecule has 1 heterocycles. The second-order valence-electron chi connectivity index (χ2n) is 7.43. The van der Waals surface area contributed by atoms with Crippen molar-refractivity contribution in [2.24, 2.45) is 10.9 Å². The molecule has 1 fully saturated rings. The van der Waals surface area contributed by atoms with Crippen LogP contribution in [0.3, 0.4) is 0 Å². The summed E-state index contributed by atoms with van der Waals surface area (Å²) in [6, 6.07) is 9.94. The summed E-state index contributed by atoms with van der Waals surface area (Å²) in [6.45, 7) is -2.51. The van der Waals surface area contributed by atoms with Gasteiger partial charge in [-0.05, 0) is 29.3 Å². The fourth-order valence-electron chi connectivity index (χ4n) is 3.40. The van der Waals surface area contributed by atoms with Gasteiger partial charge in [-0.25, -0.2) is 0 Å². The van der Waals surface area contributed by atoms with Gasteiger partial charge in [-0.1, -0.05) is 41.0 Å². The lowest BCUT2D eigenvalue weighted by Gasteiger charge is -2.25. The Morgan fingerprint density at radius 2 is 2.03 bits per heavy atom. The van der Waals surface area contributed by atoms with Crippen molar-refractivity contribution in [2.45, 2.75) is 31.7 Å². The number of hydrogen-bond donors (Lipinski definition) is 4. The van der Waals surface area contributed by atoms with Crippen LogP contribution < -0.4 is 15.8 Å². The van der Waals surface area contributed by atoms with Gasteiger partial charge in [-0.15, -0.1) is 0 Å². The predicted octanol–water partition coefficient (Wildman–Crippen LogP) is 2.30. The maximum absolute atomic E-state index is 12.6. The molecular formula is C22H24ClF2N4O5+. The molecule has 2 aromatic rings. The Balaban J connectivity index is 1.65. The van der Waals surface area contributed by atoms with Gasteiger partial charge < -0.3 is 30.8 Å². The molecule has 34 heavy (non-hydrogen) atoms. The molecule has 1 aliphatic rings. The van der Waals surface area contributed by atoms with Crippen molar-refractivity contribution in [1.82, 2.24) is 5.32 Å². The summed E-state index contributed by atoms with van der Waals surface area (Å²) in [5, 5.41) is 27.5. The van der Waals surface area contributed by atoms with Gasteiger partial charge in [0.1, 0.15) is 12.9 Å². The number of amides is 1. The summed E-state index contributed by atoms with van der Waals surface area (Å²) < 4.78 is 30.7. The number of alkyl halides is 2. The highest BCUT2D eigenvalue weighted by Gasteiger charge is 2.43. The van der Waals surface area contributed by atoms with E-state index < -0.39 is 24.7 Å². The number of nitrogens with one attached hydrogen (secondary N) is 1. The number of carbonyl (C=O) groups is 1. The molecule has 3 rings (SSSR count). The molecule has 2 atom stereocenters. The van der Waals surface area contributed by atoms with Crippen LogP contribution in [0.2, 0.25) is 5.02 Å². The fraction of sp³-hybridized carbons (Fsp3) is 0.318. The second-order valence-corrected chi connectivity index (χ2v) is 7.87. The number of nitrogens with zero attached hydrogens (tertiary/aromatic N) is 2. The molecule has 0 bridgehead atoms. The third-order valence-corrected chi connectivity index (χ3v) is 5.42. The van der Waals surface area contributed by atoms with E-state index in [4.69, 9.17) is 17.3 Å². The molecule has 1 aliphatic heterocycles. The number of amidine groups is 1. The van der Waals surface area contributed by atoms with Crippen LogP contribution in [0.15, 0.2) is 47.6 Å². The minimum absolute atomic E-state index is 0.0409. The fourth-order valence-corrected chi connectivity index (χ4v) is 3.64. The molecule has 0 aliphatic carbocycles. The summed E-state index contributed by atoms with van der Waals surface area (Å²) in [7, 11) is 1.39. The zero-order valence-corrected chi connectivity index (χ0v) is 18.9. The normalized spacial score (nSPS) is 18.2. The van der Waals surface area contributed by atoms with Crippen molar-refractivity contribution in [3.8, 4) is 5.75 Å². The van der Waals surface area contributed by atoms with E-state index >= 15 is 0 Å². The number of hydrogen-bond acceptors (Lipinski definition) is 5. The van der Waals surface area contributed by atoms with Crippen molar-refractivity contribution < 1.29 is 37.9 Å². The summed E-state index contributed by atoms with van der Waals surface area (Å²) in [5.41, 5.74) is 7.27. The summed E-state index contributed by atoms with van der Waals surface area (Å²) in [4.78, 5) is 17.3. The van der Waals surface area contributed by atoms with Gasteiger partial charge in [0.2, 0.25) is 12.1 Å². The Hall–Kier alpha value is -3.44. The largest absolute Gasteiger partial charge is 0.461 e. The van der Waals surface area contributed by atoms with Crippen LogP contribution in [0, 0.1) is 0 Å². The van der Waals surface area contributed by atoms with Crippen molar-refractivity contribution in [3.63, 3.8) is 0 Å². The molecule has 12 heteroatoms. The number of nitrogens with two attached hydrogens (primary N) is 1. The number of oxime groups is 1. The maximum atomic E-state index is 12.6. The summed E-state index contributed by atoms with van der Waals surface area (Å²) in [5.74, 6) is -0.875. The molecule has 0 aromatic heterocycles. The van der Waals surface area contributed by atoms with E-state index in [2.05, 4.69) is 20.0 Å². The lowest BCUT2D eigenvalue weighted by molar-refractivity contribution is -0.619. The Morgan fingerprint density at radius 1 is 1.32 bits per heavy atom. The molecule has 1 amide bonds. The van der Waals surface area contributed by atoms with Gasteiger partial charge in [0.25, 0.3) is 5.91 Å². The van der Waals surface area contributed by atoms with Crippen LogP contribution in [-0.2, 0) is 16.2 Å². The lowest BCUT2D eigenvalue weighted by atomic mass is 10.0. The molecular weight excluding hydrogens is 474 g/mol. The number of rotatable bonds is 9. The van der Waals surface area contributed by atoms with Gasteiger partial charge >= 0.3 is 12.5 Å². The van der Waals surface area contributed by atoms with Crippen LogP contribution in [0.5, 0.6) is 5.75 Å². The third kappa shape index (κ3) is 6.12. The SMILES string of the molecule is CO/N=C(\N)c1ccc(CNC(=O)[C@@H]2CC[N+]2=C(O)[C@H](O)c2cc(Cl)cc(OC(F)F)c2)cc1. The average molecular weight is 498 g/mol.